The first-order chi connectivity index (χ1) is 8.56. The minimum absolute atomic E-state index is 0.291. The fraction of sp³-hybridized carbons (Fsp3) is 0.500. The van der Waals surface area contributed by atoms with Crippen LogP contribution in [0.3, 0.4) is 0 Å². The maximum Gasteiger partial charge on any atom is 0.329 e. The van der Waals surface area contributed by atoms with Crippen LogP contribution in [0.25, 0.3) is 10.2 Å². The first-order valence-electron chi connectivity index (χ1n) is 5.98. The second-order valence-electron chi connectivity index (χ2n) is 4.30. The molecule has 0 aliphatic rings. The van der Waals surface area contributed by atoms with Gasteiger partial charge in [0.1, 0.15) is 4.83 Å². The highest BCUT2D eigenvalue weighted by molar-refractivity contribution is 9.11. The molecule has 6 heteroatoms. The molecule has 2 aromatic heterocycles. The van der Waals surface area contributed by atoms with Gasteiger partial charge in [-0.1, -0.05) is 19.8 Å². The summed E-state index contributed by atoms with van der Waals surface area (Å²) in [7, 11) is 0. The van der Waals surface area contributed by atoms with Gasteiger partial charge in [0.2, 0.25) is 0 Å². The van der Waals surface area contributed by atoms with Gasteiger partial charge in [0.05, 0.1) is 9.17 Å². The summed E-state index contributed by atoms with van der Waals surface area (Å²) in [4.78, 5) is 26.9. The molecule has 1 N–H and O–H groups in total. The highest BCUT2D eigenvalue weighted by Crippen LogP contribution is 2.31. The van der Waals surface area contributed by atoms with Crippen LogP contribution in [0.5, 0.6) is 0 Å². The molecule has 18 heavy (non-hydrogen) atoms. The molecular weight excluding hydrogens is 316 g/mol. The second-order valence-corrected chi connectivity index (χ2v) is 6.62. The van der Waals surface area contributed by atoms with E-state index in [4.69, 9.17) is 0 Å². The highest BCUT2D eigenvalue weighted by atomic mass is 79.9. The maximum absolute atomic E-state index is 11.9. The number of aromatic nitrogens is 2. The smallest absolute Gasteiger partial charge is 0.284 e. The third-order valence-electron chi connectivity index (χ3n) is 2.99. The van der Waals surface area contributed by atoms with E-state index in [0.717, 1.165) is 33.4 Å². The molecule has 2 heterocycles. The summed E-state index contributed by atoms with van der Waals surface area (Å²) in [5, 5.41) is 0.628. The second kappa shape index (κ2) is 5.40. The molecule has 0 aliphatic carbocycles. The lowest BCUT2D eigenvalue weighted by Crippen LogP contribution is -2.29. The molecule has 0 bridgehead atoms. The average Bonchev–Trinajstić information content (AvgIpc) is 2.60. The van der Waals surface area contributed by atoms with E-state index >= 15 is 0 Å². The van der Waals surface area contributed by atoms with E-state index in [1.54, 1.807) is 4.57 Å². The Morgan fingerprint density at radius 3 is 2.72 bits per heavy atom. The average molecular weight is 331 g/mol. The van der Waals surface area contributed by atoms with E-state index in [1.807, 2.05) is 6.92 Å². The maximum atomic E-state index is 11.9. The lowest BCUT2D eigenvalue weighted by atomic mass is 10.2. The van der Waals surface area contributed by atoms with Crippen molar-refractivity contribution in [1.82, 2.24) is 9.55 Å². The van der Waals surface area contributed by atoms with Gasteiger partial charge >= 0.3 is 5.69 Å². The Hall–Kier alpha value is -0.880. The molecule has 0 aromatic carbocycles. The van der Waals surface area contributed by atoms with E-state index in [-0.39, 0.29) is 11.2 Å². The summed E-state index contributed by atoms with van der Waals surface area (Å²) in [5.41, 5.74) is 0.305. The SMILES string of the molecule is CCCCCn1c(=O)[nH]c(=O)c2c(C)c(Br)sc21. The molecule has 0 amide bonds. The number of thiophene rings is 1. The van der Waals surface area contributed by atoms with Crippen molar-refractivity contribution in [3.05, 3.63) is 30.2 Å². The van der Waals surface area contributed by atoms with E-state index in [0.29, 0.717) is 11.9 Å². The summed E-state index contributed by atoms with van der Waals surface area (Å²) < 4.78 is 2.59. The highest BCUT2D eigenvalue weighted by Gasteiger charge is 2.14. The number of unbranched alkanes of at least 4 members (excludes halogenated alkanes) is 2. The lowest BCUT2D eigenvalue weighted by molar-refractivity contribution is 0.594. The fourth-order valence-electron chi connectivity index (χ4n) is 1.97. The minimum atomic E-state index is -0.308. The van der Waals surface area contributed by atoms with Crippen LogP contribution < -0.4 is 11.2 Å². The summed E-state index contributed by atoms with van der Waals surface area (Å²) in [6, 6.07) is 0. The van der Waals surface area contributed by atoms with Crippen LogP contribution >= 0.6 is 27.3 Å². The van der Waals surface area contributed by atoms with Crippen LogP contribution in [0.1, 0.15) is 31.7 Å². The number of hydrogen-bond acceptors (Lipinski definition) is 3. The van der Waals surface area contributed by atoms with Gasteiger partial charge in [-0.05, 0) is 34.8 Å². The van der Waals surface area contributed by atoms with Crippen molar-refractivity contribution in [2.45, 2.75) is 39.7 Å². The number of nitrogens with one attached hydrogen (secondary N) is 1. The van der Waals surface area contributed by atoms with Crippen molar-refractivity contribution in [3.8, 4) is 0 Å². The molecular formula is C12H15BrN2O2S. The number of fused-ring (bicyclic) bond motifs is 1. The quantitative estimate of drug-likeness (QED) is 0.876. The molecule has 0 spiro atoms. The van der Waals surface area contributed by atoms with Crippen molar-refractivity contribution in [3.63, 3.8) is 0 Å². The largest absolute Gasteiger partial charge is 0.329 e. The van der Waals surface area contributed by atoms with E-state index < -0.39 is 0 Å². The predicted molar refractivity (Wildman–Crippen MR) is 78.7 cm³/mol. The zero-order valence-corrected chi connectivity index (χ0v) is 12.8. The Bertz CT molecular complexity index is 684. The zero-order chi connectivity index (χ0) is 13.3. The number of nitrogens with zero attached hydrogens (tertiary/aromatic N) is 1. The number of aryl methyl sites for hydroxylation is 2. The number of aromatic amines is 1. The summed E-state index contributed by atoms with van der Waals surface area (Å²) in [6.45, 7) is 4.67. The monoisotopic (exact) mass is 330 g/mol. The van der Waals surface area contributed by atoms with Crippen molar-refractivity contribution in [1.29, 1.82) is 0 Å². The number of hydrogen-bond donors (Lipinski definition) is 1. The lowest BCUT2D eigenvalue weighted by Gasteiger charge is -2.05. The van der Waals surface area contributed by atoms with Gasteiger partial charge < -0.3 is 0 Å². The van der Waals surface area contributed by atoms with Crippen LogP contribution in [0.4, 0.5) is 0 Å². The number of halogens is 1. The first-order valence-corrected chi connectivity index (χ1v) is 7.59. The van der Waals surface area contributed by atoms with E-state index in [9.17, 15) is 9.59 Å². The topological polar surface area (TPSA) is 54.9 Å². The molecule has 0 unspecified atom stereocenters. The van der Waals surface area contributed by atoms with Crippen LogP contribution in [0, 0.1) is 6.92 Å². The molecule has 0 aliphatic heterocycles. The van der Waals surface area contributed by atoms with Crippen LogP contribution in [0.2, 0.25) is 0 Å². The van der Waals surface area contributed by atoms with Gasteiger partial charge in [0.15, 0.2) is 0 Å². The standard InChI is InChI=1S/C12H15BrN2O2S/c1-3-4-5-6-15-11-8(7(2)9(13)18-11)10(16)14-12(15)17/h3-6H2,1-2H3,(H,14,16,17). The minimum Gasteiger partial charge on any atom is -0.284 e. The normalized spacial score (nSPS) is 11.3. The molecule has 0 saturated carbocycles. The van der Waals surface area contributed by atoms with Gasteiger partial charge in [-0.25, -0.2) is 4.79 Å². The van der Waals surface area contributed by atoms with Gasteiger partial charge in [-0.3, -0.25) is 14.3 Å². The Morgan fingerprint density at radius 2 is 2.06 bits per heavy atom. The van der Waals surface area contributed by atoms with Crippen molar-refractivity contribution >= 4 is 37.5 Å². The van der Waals surface area contributed by atoms with Crippen molar-refractivity contribution < 1.29 is 0 Å². The van der Waals surface area contributed by atoms with Crippen molar-refractivity contribution in [2.24, 2.45) is 0 Å². The molecule has 4 nitrogen and oxygen atoms in total. The Labute approximate surface area is 117 Å². The Morgan fingerprint density at radius 1 is 1.33 bits per heavy atom. The molecule has 0 atom stereocenters. The molecule has 0 saturated heterocycles. The Kier molecular flexibility index (Phi) is 4.07. The van der Waals surface area contributed by atoms with Gasteiger partial charge in [-0.15, -0.1) is 11.3 Å². The molecule has 0 fully saturated rings. The molecule has 2 aromatic rings. The Balaban J connectivity index is 2.62. The van der Waals surface area contributed by atoms with E-state index in [2.05, 4.69) is 27.8 Å². The molecule has 2 rings (SSSR count). The molecule has 0 radical (unpaired) electrons. The van der Waals surface area contributed by atoms with Gasteiger partial charge in [-0.2, -0.15) is 0 Å². The summed E-state index contributed by atoms with van der Waals surface area (Å²) in [6.07, 6.45) is 3.14. The predicted octanol–water partition coefficient (Wildman–Crippen LogP) is 3.01. The van der Waals surface area contributed by atoms with Crippen molar-refractivity contribution in [2.75, 3.05) is 0 Å². The third kappa shape index (κ3) is 2.31. The van der Waals surface area contributed by atoms with E-state index in [1.165, 1.54) is 11.3 Å². The van der Waals surface area contributed by atoms with Crippen LogP contribution in [-0.2, 0) is 6.54 Å². The van der Waals surface area contributed by atoms with Gasteiger partial charge in [0, 0.05) is 6.54 Å². The molecule has 98 valence electrons. The van der Waals surface area contributed by atoms with Crippen LogP contribution in [0.15, 0.2) is 13.4 Å². The summed E-state index contributed by atoms with van der Waals surface area (Å²) in [5.74, 6) is 0. The fourth-order valence-corrected chi connectivity index (χ4v) is 3.69. The van der Waals surface area contributed by atoms with Gasteiger partial charge in [0.25, 0.3) is 5.56 Å². The van der Waals surface area contributed by atoms with Crippen LogP contribution in [-0.4, -0.2) is 9.55 Å². The zero-order valence-electron chi connectivity index (χ0n) is 10.4. The third-order valence-corrected chi connectivity index (χ3v) is 5.18. The number of rotatable bonds is 4. The summed E-state index contributed by atoms with van der Waals surface area (Å²) >= 11 is 4.88. The number of H-pyrrole nitrogens is 1. The first kappa shape index (κ1) is 13.5.